The molecule has 0 aromatic rings. The number of carboxylic acid groups (broad SMARTS) is 1. The zero-order chi connectivity index (χ0) is 5.98. The molecule has 1 heterocycles. The van der Waals surface area contributed by atoms with Crippen LogP contribution >= 0.6 is 11.8 Å². The van der Waals surface area contributed by atoms with Crippen molar-refractivity contribution >= 4 is 17.7 Å². The molecule has 2 N–H and O–H groups in total. The highest BCUT2D eigenvalue weighted by molar-refractivity contribution is 8.03. The number of aliphatic carboxylic acids is 1. The molecule has 0 fully saturated rings. The standard InChI is InChI=1S/C4H5NO2S/c6-4(7)3-5-1-2-8-3/h1-3,5H,(H,6,7). The van der Waals surface area contributed by atoms with E-state index in [1.807, 2.05) is 0 Å². The van der Waals surface area contributed by atoms with Gasteiger partial charge in [-0.25, -0.2) is 4.79 Å². The Morgan fingerprint density at radius 1 is 1.88 bits per heavy atom. The van der Waals surface area contributed by atoms with Gasteiger partial charge in [-0.2, -0.15) is 0 Å². The minimum absolute atomic E-state index is 0.463. The number of hydrogen-bond donors (Lipinski definition) is 2. The molecule has 4 heteroatoms. The summed E-state index contributed by atoms with van der Waals surface area (Å²) in [6.07, 6.45) is 1.63. The molecule has 0 aromatic heterocycles. The molecule has 44 valence electrons. The summed E-state index contributed by atoms with van der Waals surface area (Å²) in [6, 6.07) is 0. The van der Waals surface area contributed by atoms with E-state index in [4.69, 9.17) is 5.11 Å². The fourth-order valence-electron chi connectivity index (χ4n) is 0.413. The maximum Gasteiger partial charge on any atom is 0.337 e. The predicted octanol–water partition coefficient (Wildman–Crippen LogP) is 0.205. The summed E-state index contributed by atoms with van der Waals surface area (Å²) in [5.74, 6) is -0.819. The highest BCUT2D eigenvalue weighted by atomic mass is 32.2. The van der Waals surface area contributed by atoms with E-state index in [1.54, 1.807) is 11.6 Å². The fourth-order valence-corrected chi connectivity index (χ4v) is 1.00. The van der Waals surface area contributed by atoms with Gasteiger partial charge in [0.15, 0.2) is 5.37 Å². The average Bonchev–Trinajstić information content (AvgIpc) is 2.12. The normalized spacial score (nSPS) is 25.2. The molecule has 1 rings (SSSR count). The van der Waals surface area contributed by atoms with Crippen LogP contribution in [0.4, 0.5) is 0 Å². The van der Waals surface area contributed by atoms with Crippen molar-refractivity contribution in [2.75, 3.05) is 0 Å². The summed E-state index contributed by atoms with van der Waals surface area (Å²) in [4.78, 5) is 10.1. The lowest BCUT2D eigenvalue weighted by Crippen LogP contribution is -2.25. The van der Waals surface area contributed by atoms with Gasteiger partial charge in [0.25, 0.3) is 0 Å². The largest absolute Gasteiger partial charge is 0.479 e. The van der Waals surface area contributed by atoms with Crippen LogP contribution in [0.3, 0.4) is 0 Å². The number of rotatable bonds is 1. The average molecular weight is 131 g/mol. The van der Waals surface area contributed by atoms with Crippen LogP contribution in [0.15, 0.2) is 11.6 Å². The van der Waals surface area contributed by atoms with Crippen LogP contribution in [0.5, 0.6) is 0 Å². The van der Waals surface area contributed by atoms with Gasteiger partial charge < -0.3 is 10.4 Å². The number of hydrogen-bond acceptors (Lipinski definition) is 3. The van der Waals surface area contributed by atoms with Crippen molar-refractivity contribution in [2.24, 2.45) is 0 Å². The number of carboxylic acids is 1. The Kier molecular flexibility index (Phi) is 1.43. The third-order valence-electron chi connectivity index (χ3n) is 0.755. The monoisotopic (exact) mass is 131 g/mol. The number of nitrogens with one attached hydrogen (secondary N) is 1. The van der Waals surface area contributed by atoms with E-state index in [1.165, 1.54) is 11.8 Å². The second-order valence-electron chi connectivity index (χ2n) is 1.32. The van der Waals surface area contributed by atoms with Gasteiger partial charge in [0.05, 0.1) is 0 Å². The number of thioether (sulfide) groups is 1. The Hall–Kier alpha value is -0.640. The molecule has 0 bridgehead atoms. The summed E-state index contributed by atoms with van der Waals surface area (Å²) >= 11 is 1.26. The van der Waals surface area contributed by atoms with Crippen molar-refractivity contribution in [3.63, 3.8) is 0 Å². The van der Waals surface area contributed by atoms with Gasteiger partial charge in [0.1, 0.15) is 0 Å². The predicted molar refractivity (Wildman–Crippen MR) is 31.3 cm³/mol. The molecule has 0 spiro atoms. The summed E-state index contributed by atoms with van der Waals surface area (Å²) < 4.78 is 0. The molecule has 8 heavy (non-hydrogen) atoms. The SMILES string of the molecule is O=C(O)C1NC=CS1. The van der Waals surface area contributed by atoms with Gasteiger partial charge >= 0.3 is 5.97 Å². The van der Waals surface area contributed by atoms with Gasteiger partial charge in [-0.15, -0.1) is 0 Å². The molecule has 0 saturated heterocycles. The van der Waals surface area contributed by atoms with Crippen molar-refractivity contribution in [1.29, 1.82) is 0 Å². The minimum Gasteiger partial charge on any atom is -0.479 e. The second-order valence-corrected chi connectivity index (χ2v) is 2.34. The molecular formula is C4H5NO2S. The Morgan fingerprint density at radius 2 is 2.62 bits per heavy atom. The molecule has 0 aromatic carbocycles. The summed E-state index contributed by atoms with van der Waals surface area (Å²) in [7, 11) is 0. The van der Waals surface area contributed by atoms with E-state index < -0.39 is 11.3 Å². The van der Waals surface area contributed by atoms with Gasteiger partial charge in [-0.05, 0) is 5.41 Å². The lowest BCUT2D eigenvalue weighted by atomic mass is 10.6. The molecule has 1 atom stereocenters. The van der Waals surface area contributed by atoms with Gasteiger partial charge in [-0.1, -0.05) is 11.8 Å². The molecule has 1 aliphatic heterocycles. The highest BCUT2D eigenvalue weighted by Gasteiger charge is 2.16. The summed E-state index contributed by atoms with van der Waals surface area (Å²) in [5.41, 5.74) is 0. The van der Waals surface area contributed by atoms with Crippen molar-refractivity contribution in [1.82, 2.24) is 5.32 Å². The Balaban J connectivity index is 2.41. The maximum atomic E-state index is 10.1. The Labute approximate surface area is 50.8 Å². The molecular weight excluding hydrogens is 126 g/mol. The first-order chi connectivity index (χ1) is 3.80. The van der Waals surface area contributed by atoms with Crippen LogP contribution in [0.25, 0.3) is 0 Å². The van der Waals surface area contributed by atoms with Gasteiger partial charge in [0.2, 0.25) is 0 Å². The zero-order valence-corrected chi connectivity index (χ0v) is 4.81. The lowest BCUT2D eigenvalue weighted by Gasteiger charge is -2.00. The van der Waals surface area contributed by atoms with Crippen LogP contribution in [0.1, 0.15) is 0 Å². The lowest BCUT2D eigenvalue weighted by molar-refractivity contribution is -0.136. The molecule has 0 amide bonds. The van der Waals surface area contributed by atoms with E-state index in [2.05, 4.69) is 5.32 Å². The Bertz CT molecular complexity index is 126. The first kappa shape index (κ1) is 5.50. The maximum absolute atomic E-state index is 10.1. The third-order valence-corrected chi connectivity index (χ3v) is 1.66. The zero-order valence-electron chi connectivity index (χ0n) is 4.00. The topological polar surface area (TPSA) is 49.3 Å². The highest BCUT2D eigenvalue weighted by Crippen LogP contribution is 2.14. The molecule has 0 saturated carbocycles. The first-order valence-corrected chi connectivity index (χ1v) is 3.04. The van der Waals surface area contributed by atoms with Gasteiger partial charge in [-0.3, -0.25) is 0 Å². The molecule has 1 unspecified atom stereocenters. The van der Waals surface area contributed by atoms with Crippen LogP contribution < -0.4 is 5.32 Å². The summed E-state index contributed by atoms with van der Waals surface area (Å²) in [5, 5.41) is 12.2. The van der Waals surface area contributed by atoms with Crippen LogP contribution in [-0.2, 0) is 4.79 Å². The van der Waals surface area contributed by atoms with E-state index in [0.717, 1.165) is 0 Å². The van der Waals surface area contributed by atoms with E-state index in [9.17, 15) is 4.79 Å². The van der Waals surface area contributed by atoms with E-state index in [0.29, 0.717) is 0 Å². The molecule has 3 nitrogen and oxygen atoms in total. The van der Waals surface area contributed by atoms with Crippen molar-refractivity contribution < 1.29 is 9.90 Å². The smallest absolute Gasteiger partial charge is 0.337 e. The summed E-state index contributed by atoms with van der Waals surface area (Å²) in [6.45, 7) is 0. The minimum atomic E-state index is -0.819. The fraction of sp³-hybridized carbons (Fsp3) is 0.250. The van der Waals surface area contributed by atoms with Gasteiger partial charge in [0, 0.05) is 6.20 Å². The van der Waals surface area contributed by atoms with Crippen LogP contribution in [0, 0.1) is 0 Å². The van der Waals surface area contributed by atoms with Crippen molar-refractivity contribution in [2.45, 2.75) is 5.37 Å². The van der Waals surface area contributed by atoms with Crippen LogP contribution in [0.2, 0.25) is 0 Å². The first-order valence-electron chi connectivity index (χ1n) is 2.10. The van der Waals surface area contributed by atoms with E-state index >= 15 is 0 Å². The van der Waals surface area contributed by atoms with Crippen molar-refractivity contribution in [3.05, 3.63) is 11.6 Å². The molecule has 0 radical (unpaired) electrons. The number of carbonyl (C=O) groups is 1. The molecule has 0 aliphatic carbocycles. The second kappa shape index (κ2) is 2.09. The van der Waals surface area contributed by atoms with Crippen molar-refractivity contribution in [3.8, 4) is 0 Å². The molecule has 1 aliphatic rings. The third kappa shape index (κ3) is 0.949. The Morgan fingerprint density at radius 3 is 2.88 bits per heavy atom. The van der Waals surface area contributed by atoms with Crippen LogP contribution in [-0.4, -0.2) is 16.4 Å². The van der Waals surface area contributed by atoms with E-state index in [-0.39, 0.29) is 0 Å². The quantitative estimate of drug-likeness (QED) is 0.534.